The van der Waals surface area contributed by atoms with Gasteiger partial charge in [0.1, 0.15) is 5.75 Å². The first-order valence-electron chi connectivity index (χ1n) is 6.22. The number of benzene rings is 2. The number of anilines is 2. The van der Waals surface area contributed by atoms with Gasteiger partial charge in [-0.2, -0.15) is 0 Å². The van der Waals surface area contributed by atoms with Gasteiger partial charge in [0.15, 0.2) is 5.78 Å². The molecule has 0 unspecified atom stereocenters. The van der Waals surface area contributed by atoms with Crippen LogP contribution in [0.5, 0.6) is 5.75 Å². The SMILES string of the molecule is COc1ccccc1N(C)c1ccc(C(C)=O)cc1Cl. The molecule has 0 saturated heterocycles. The first-order chi connectivity index (χ1) is 9.54. The molecular formula is C16H16ClNO2. The molecule has 0 atom stereocenters. The maximum Gasteiger partial charge on any atom is 0.159 e. The van der Waals surface area contributed by atoms with Crippen molar-refractivity contribution in [3.8, 4) is 5.75 Å². The van der Waals surface area contributed by atoms with E-state index < -0.39 is 0 Å². The lowest BCUT2D eigenvalue weighted by Gasteiger charge is -2.23. The minimum absolute atomic E-state index is 0.00149. The lowest BCUT2D eigenvalue weighted by molar-refractivity contribution is 0.101. The maximum absolute atomic E-state index is 11.4. The third-order valence-electron chi connectivity index (χ3n) is 3.16. The van der Waals surface area contributed by atoms with Crippen molar-refractivity contribution < 1.29 is 9.53 Å². The van der Waals surface area contributed by atoms with Crippen LogP contribution >= 0.6 is 11.6 Å². The molecule has 20 heavy (non-hydrogen) atoms. The second kappa shape index (κ2) is 5.97. The molecule has 2 aromatic carbocycles. The number of carbonyl (C=O) groups is 1. The summed E-state index contributed by atoms with van der Waals surface area (Å²) in [6.45, 7) is 1.52. The fourth-order valence-electron chi connectivity index (χ4n) is 2.03. The minimum atomic E-state index is -0.00149. The highest BCUT2D eigenvalue weighted by molar-refractivity contribution is 6.33. The molecule has 0 aliphatic carbocycles. The Hall–Kier alpha value is -2.00. The smallest absolute Gasteiger partial charge is 0.159 e. The zero-order chi connectivity index (χ0) is 14.7. The van der Waals surface area contributed by atoms with Crippen LogP contribution < -0.4 is 9.64 Å². The Labute approximate surface area is 123 Å². The number of Topliss-reactive ketones (excluding diaryl/α,β-unsaturated/α-hetero) is 1. The van der Waals surface area contributed by atoms with E-state index in [0.29, 0.717) is 10.6 Å². The van der Waals surface area contributed by atoms with Gasteiger partial charge in [0.05, 0.1) is 23.5 Å². The van der Waals surface area contributed by atoms with Crippen LogP contribution in [0.15, 0.2) is 42.5 Å². The molecular weight excluding hydrogens is 274 g/mol. The van der Waals surface area contributed by atoms with E-state index in [1.54, 1.807) is 19.2 Å². The first-order valence-corrected chi connectivity index (χ1v) is 6.59. The van der Waals surface area contributed by atoms with Gasteiger partial charge in [0.25, 0.3) is 0 Å². The standard InChI is InChI=1S/C16H16ClNO2/c1-11(19)12-8-9-14(13(17)10-12)18(2)15-6-4-5-7-16(15)20-3/h4-10H,1-3H3. The Morgan fingerprint density at radius 2 is 1.85 bits per heavy atom. The van der Waals surface area contributed by atoms with Crippen LogP contribution in [0.4, 0.5) is 11.4 Å². The normalized spacial score (nSPS) is 10.2. The van der Waals surface area contributed by atoms with Crippen molar-refractivity contribution in [1.82, 2.24) is 0 Å². The fraction of sp³-hybridized carbons (Fsp3) is 0.188. The predicted octanol–water partition coefficient (Wildman–Crippen LogP) is 4.32. The van der Waals surface area contributed by atoms with Gasteiger partial charge < -0.3 is 9.64 Å². The molecule has 3 nitrogen and oxygen atoms in total. The predicted molar refractivity (Wildman–Crippen MR) is 82.5 cm³/mol. The molecule has 0 fully saturated rings. The summed E-state index contributed by atoms with van der Waals surface area (Å²) in [7, 11) is 3.54. The summed E-state index contributed by atoms with van der Waals surface area (Å²) >= 11 is 6.28. The number of halogens is 1. The number of hydrogen-bond acceptors (Lipinski definition) is 3. The van der Waals surface area contributed by atoms with Gasteiger partial charge in [-0.15, -0.1) is 0 Å². The second-order valence-electron chi connectivity index (χ2n) is 4.45. The minimum Gasteiger partial charge on any atom is -0.495 e. The van der Waals surface area contributed by atoms with Crippen LogP contribution in [0, 0.1) is 0 Å². The summed E-state index contributed by atoms with van der Waals surface area (Å²) in [4.78, 5) is 13.3. The van der Waals surface area contributed by atoms with Crippen molar-refractivity contribution in [2.75, 3.05) is 19.1 Å². The number of hydrogen-bond donors (Lipinski definition) is 0. The summed E-state index contributed by atoms with van der Waals surface area (Å²) < 4.78 is 5.35. The maximum atomic E-state index is 11.4. The van der Waals surface area contributed by atoms with Crippen molar-refractivity contribution >= 4 is 28.8 Å². The molecule has 0 aliphatic rings. The molecule has 0 saturated carbocycles. The monoisotopic (exact) mass is 289 g/mol. The van der Waals surface area contributed by atoms with Crippen LogP contribution in [-0.4, -0.2) is 19.9 Å². The van der Waals surface area contributed by atoms with Crippen molar-refractivity contribution in [2.45, 2.75) is 6.92 Å². The van der Waals surface area contributed by atoms with E-state index in [-0.39, 0.29) is 5.78 Å². The van der Waals surface area contributed by atoms with E-state index in [1.807, 2.05) is 42.3 Å². The van der Waals surface area contributed by atoms with E-state index >= 15 is 0 Å². The van der Waals surface area contributed by atoms with E-state index in [9.17, 15) is 4.79 Å². The lowest BCUT2D eigenvalue weighted by Crippen LogP contribution is -2.11. The molecule has 0 N–H and O–H groups in total. The van der Waals surface area contributed by atoms with Gasteiger partial charge in [0, 0.05) is 12.6 Å². The van der Waals surface area contributed by atoms with Crippen LogP contribution in [0.1, 0.15) is 17.3 Å². The highest BCUT2D eigenvalue weighted by Crippen LogP contribution is 2.36. The Morgan fingerprint density at radius 3 is 2.45 bits per heavy atom. The molecule has 0 amide bonds. The molecule has 2 aromatic rings. The van der Waals surface area contributed by atoms with Gasteiger partial charge in [-0.05, 0) is 37.3 Å². The van der Waals surface area contributed by atoms with Gasteiger partial charge >= 0.3 is 0 Å². The molecule has 0 aromatic heterocycles. The van der Waals surface area contributed by atoms with Gasteiger partial charge in [-0.1, -0.05) is 23.7 Å². The van der Waals surface area contributed by atoms with E-state index in [2.05, 4.69) is 0 Å². The summed E-state index contributed by atoms with van der Waals surface area (Å²) in [5.41, 5.74) is 2.33. The van der Waals surface area contributed by atoms with Crippen LogP contribution in [-0.2, 0) is 0 Å². The quantitative estimate of drug-likeness (QED) is 0.785. The summed E-state index contributed by atoms with van der Waals surface area (Å²) in [6.07, 6.45) is 0. The molecule has 4 heteroatoms. The van der Waals surface area contributed by atoms with Crippen molar-refractivity contribution in [3.05, 3.63) is 53.1 Å². The van der Waals surface area contributed by atoms with Gasteiger partial charge in [0.2, 0.25) is 0 Å². The Kier molecular flexibility index (Phi) is 4.30. The van der Waals surface area contributed by atoms with Crippen molar-refractivity contribution in [1.29, 1.82) is 0 Å². The number of rotatable bonds is 4. The van der Waals surface area contributed by atoms with Crippen molar-refractivity contribution in [2.24, 2.45) is 0 Å². The van der Waals surface area contributed by atoms with Gasteiger partial charge in [-0.25, -0.2) is 0 Å². The van der Waals surface area contributed by atoms with E-state index in [1.165, 1.54) is 6.92 Å². The molecule has 0 radical (unpaired) electrons. The zero-order valence-corrected chi connectivity index (χ0v) is 12.4. The topological polar surface area (TPSA) is 29.5 Å². The Balaban J connectivity index is 2.43. The largest absolute Gasteiger partial charge is 0.495 e. The number of ketones is 1. The zero-order valence-electron chi connectivity index (χ0n) is 11.7. The average molecular weight is 290 g/mol. The molecule has 0 heterocycles. The number of carbonyl (C=O) groups excluding carboxylic acids is 1. The number of para-hydroxylation sites is 2. The van der Waals surface area contributed by atoms with E-state index in [4.69, 9.17) is 16.3 Å². The number of nitrogens with zero attached hydrogens (tertiary/aromatic N) is 1. The Bertz CT molecular complexity index is 640. The Morgan fingerprint density at radius 1 is 1.15 bits per heavy atom. The fourth-order valence-corrected chi connectivity index (χ4v) is 2.34. The summed E-state index contributed by atoms with van der Waals surface area (Å²) in [5, 5.41) is 0.533. The van der Waals surface area contributed by atoms with Crippen LogP contribution in [0.2, 0.25) is 5.02 Å². The second-order valence-corrected chi connectivity index (χ2v) is 4.86. The molecule has 0 bridgehead atoms. The van der Waals surface area contributed by atoms with Crippen LogP contribution in [0.25, 0.3) is 0 Å². The molecule has 2 rings (SSSR count). The molecule has 0 spiro atoms. The molecule has 104 valence electrons. The highest BCUT2D eigenvalue weighted by atomic mass is 35.5. The highest BCUT2D eigenvalue weighted by Gasteiger charge is 2.13. The van der Waals surface area contributed by atoms with Crippen molar-refractivity contribution in [3.63, 3.8) is 0 Å². The van der Waals surface area contributed by atoms with Crippen LogP contribution in [0.3, 0.4) is 0 Å². The third-order valence-corrected chi connectivity index (χ3v) is 3.46. The van der Waals surface area contributed by atoms with Gasteiger partial charge in [-0.3, -0.25) is 4.79 Å². The number of methoxy groups -OCH3 is 1. The molecule has 0 aliphatic heterocycles. The summed E-state index contributed by atoms with van der Waals surface area (Å²) in [6, 6.07) is 13.0. The average Bonchev–Trinajstić information content (AvgIpc) is 2.46. The lowest BCUT2D eigenvalue weighted by atomic mass is 10.1. The number of ether oxygens (including phenoxy) is 1. The third kappa shape index (κ3) is 2.78. The van der Waals surface area contributed by atoms with E-state index in [0.717, 1.165) is 17.1 Å². The first kappa shape index (κ1) is 14.4. The summed E-state index contributed by atoms with van der Waals surface area (Å²) in [5.74, 6) is 0.764.